The van der Waals surface area contributed by atoms with Gasteiger partial charge in [-0.1, -0.05) is 12.7 Å². The lowest BCUT2D eigenvalue weighted by Crippen LogP contribution is -2.27. The summed E-state index contributed by atoms with van der Waals surface area (Å²) >= 11 is 1.73. The van der Waals surface area contributed by atoms with E-state index in [4.69, 9.17) is 4.74 Å². The van der Waals surface area contributed by atoms with Gasteiger partial charge in [0.1, 0.15) is 5.60 Å². The number of hydrogen-bond acceptors (Lipinski definition) is 3. The van der Waals surface area contributed by atoms with Gasteiger partial charge in [-0.2, -0.15) is 0 Å². The van der Waals surface area contributed by atoms with Gasteiger partial charge in [-0.05, 0) is 52.0 Å². The van der Waals surface area contributed by atoms with Gasteiger partial charge in [-0.3, -0.25) is 5.32 Å². The zero-order valence-electron chi connectivity index (χ0n) is 11.8. The standard InChI is InChI=1S/C15H21NO2S/c1-5-11-13(16-14(17)18-15(2,3)4)10-8-6-7-9-12(10)19-11/h5H,1,6-9H2,2-4H3,(H,16,17). The van der Waals surface area contributed by atoms with Gasteiger partial charge in [0.15, 0.2) is 0 Å². The van der Waals surface area contributed by atoms with Crippen molar-refractivity contribution in [1.29, 1.82) is 0 Å². The number of hydrogen-bond donors (Lipinski definition) is 1. The number of ether oxygens (including phenoxy) is 1. The minimum atomic E-state index is -0.478. The molecule has 3 nitrogen and oxygen atoms in total. The van der Waals surface area contributed by atoms with E-state index in [1.54, 1.807) is 11.3 Å². The summed E-state index contributed by atoms with van der Waals surface area (Å²) < 4.78 is 5.32. The Hall–Kier alpha value is -1.29. The Labute approximate surface area is 118 Å². The summed E-state index contributed by atoms with van der Waals surface area (Å²) in [5, 5.41) is 2.90. The van der Waals surface area contributed by atoms with Crippen LogP contribution < -0.4 is 5.32 Å². The first kappa shape index (κ1) is 14.1. The molecule has 0 saturated heterocycles. The Balaban J connectivity index is 2.22. The second kappa shape index (κ2) is 5.37. The molecule has 0 aromatic carbocycles. The van der Waals surface area contributed by atoms with Gasteiger partial charge in [0, 0.05) is 4.88 Å². The van der Waals surface area contributed by atoms with Crippen LogP contribution in [0.4, 0.5) is 10.5 Å². The topological polar surface area (TPSA) is 38.3 Å². The average Bonchev–Trinajstić information content (AvgIpc) is 2.65. The molecule has 1 aliphatic rings. The number of nitrogens with one attached hydrogen (secondary N) is 1. The van der Waals surface area contributed by atoms with Crippen LogP contribution in [-0.2, 0) is 17.6 Å². The lowest BCUT2D eigenvalue weighted by molar-refractivity contribution is 0.0636. The maximum atomic E-state index is 11.9. The molecule has 0 atom stereocenters. The first-order valence-corrected chi connectivity index (χ1v) is 7.49. The van der Waals surface area contributed by atoms with E-state index in [0.717, 1.165) is 23.4 Å². The highest BCUT2D eigenvalue weighted by molar-refractivity contribution is 7.13. The van der Waals surface area contributed by atoms with Crippen molar-refractivity contribution in [3.8, 4) is 0 Å². The van der Waals surface area contributed by atoms with Gasteiger partial charge in [0.25, 0.3) is 0 Å². The quantitative estimate of drug-likeness (QED) is 0.858. The van der Waals surface area contributed by atoms with Crippen LogP contribution in [0.1, 0.15) is 48.9 Å². The van der Waals surface area contributed by atoms with Crippen molar-refractivity contribution in [1.82, 2.24) is 0 Å². The van der Waals surface area contributed by atoms with Crippen molar-refractivity contribution in [2.45, 2.75) is 52.1 Å². The van der Waals surface area contributed by atoms with Crippen molar-refractivity contribution < 1.29 is 9.53 Å². The molecule has 1 N–H and O–H groups in total. The highest BCUT2D eigenvalue weighted by Crippen LogP contribution is 2.39. The normalized spacial score (nSPS) is 14.7. The van der Waals surface area contributed by atoms with Crippen molar-refractivity contribution in [3.05, 3.63) is 21.9 Å². The highest BCUT2D eigenvalue weighted by Gasteiger charge is 2.23. The van der Waals surface area contributed by atoms with Gasteiger partial charge in [0.2, 0.25) is 0 Å². The molecule has 4 heteroatoms. The summed E-state index contributed by atoms with van der Waals surface area (Å²) in [7, 11) is 0. The SMILES string of the molecule is C=Cc1sc2c(c1NC(=O)OC(C)(C)C)CCCC2. The maximum absolute atomic E-state index is 11.9. The lowest BCUT2D eigenvalue weighted by Gasteiger charge is -2.20. The molecule has 1 aromatic rings. The summed E-state index contributed by atoms with van der Waals surface area (Å²) in [5.74, 6) is 0. The van der Waals surface area contributed by atoms with Crippen LogP contribution in [0.2, 0.25) is 0 Å². The summed E-state index contributed by atoms with van der Waals surface area (Å²) in [5.41, 5.74) is 1.70. The third kappa shape index (κ3) is 3.38. The molecular formula is C15H21NO2S. The fourth-order valence-corrected chi connectivity index (χ4v) is 3.47. The molecule has 1 amide bonds. The molecule has 0 unspecified atom stereocenters. The van der Waals surface area contributed by atoms with Gasteiger partial charge in [-0.15, -0.1) is 11.3 Å². The maximum Gasteiger partial charge on any atom is 0.412 e. The van der Waals surface area contributed by atoms with Crippen LogP contribution in [0.15, 0.2) is 6.58 Å². The largest absolute Gasteiger partial charge is 0.444 e. The van der Waals surface area contributed by atoms with E-state index in [2.05, 4.69) is 11.9 Å². The van der Waals surface area contributed by atoms with E-state index in [1.165, 1.54) is 23.3 Å². The molecule has 1 heterocycles. The second-order valence-electron chi connectivity index (χ2n) is 5.78. The molecule has 1 aromatic heterocycles. The predicted octanol–water partition coefficient (Wildman–Crippen LogP) is 4.62. The third-order valence-corrected chi connectivity index (χ3v) is 4.30. The predicted molar refractivity (Wildman–Crippen MR) is 80.9 cm³/mol. The number of carbonyl (C=O) groups excluding carboxylic acids is 1. The second-order valence-corrected chi connectivity index (χ2v) is 6.92. The fourth-order valence-electron chi connectivity index (χ4n) is 2.27. The Morgan fingerprint density at radius 1 is 1.37 bits per heavy atom. The smallest absolute Gasteiger partial charge is 0.412 e. The molecule has 0 bridgehead atoms. The van der Waals surface area contributed by atoms with E-state index in [9.17, 15) is 4.79 Å². The Morgan fingerprint density at radius 2 is 2.05 bits per heavy atom. The summed E-state index contributed by atoms with van der Waals surface area (Å²) in [6.07, 6.45) is 5.98. The fraction of sp³-hybridized carbons (Fsp3) is 0.533. The van der Waals surface area contributed by atoms with E-state index in [0.29, 0.717) is 0 Å². The Morgan fingerprint density at radius 3 is 2.68 bits per heavy atom. The minimum Gasteiger partial charge on any atom is -0.444 e. The summed E-state index contributed by atoms with van der Waals surface area (Å²) in [6, 6.07) is 0. The first-order valence-electron chi connectivity index (χ1n) is 6.67. The van der Waals surface area contributed by atoms with Crippen molar-refractivity contribution in [2.75, 3.05) is 5.32 Å². The molecule has 0 radical (unpaired) electrons. The monoisotopic (exact) mass is 279 g/mol. The van der Waals surface area contributed by atoms with E-state index >= 15 is 0 Å². The Kier molecular flexibility index (Phi) is 3.99. The van der Waals surface area contributed by atoms with Gasteiger partial charge < -0.3 is 4.74 Å². The van der Waals surface area contributed by atoms with Crippen LogP contribution >= 0.6 is 11.3 Å². The Bertz CT molecular complexity index is 497. The summed E-state index contributed by atoms with van der Waals surface area (Å²) in [6.45, 7) is 9.43. The van der Waals surface area contributed by atoms with Crippen LogP contribution in [0.3, 0.4) is 0 Å². The highest BCUT2D eigenvalue weighted by atomic mass is 32.1. The van der Waals surface area contributed by atoms with Crippen LogP contribution in [-0.4, -0.2) is 11.7 Å². The zero-order valence-corrected chi connectivity index (χ0v) is 12.7. The van der Waals surface area contributed by atoms with Crippen molar-refractivity contribution in [3.63, 3.8) is 0 Å². The average molecular weight is 279 g/mol. The third-order valence-electron chi connectivity index (χ3n) is 3.01. The molecule has 19 heavy (non-hydrogen) atoms. The number of thiophene rings is 1. The number of rotatable bonds is 2. The zero-order chi connectivity index (χ0) is 14.0. The van der Waals surface area contributed by atoms with Crippen LogP contribution in [0.25, 0.3) is 6.08 Å². The molecule has 0 saturated carbocycles. The number of carbonyl (C=O) groups is 1. The van der Waals surface area contributed by atoms with Crippen molar-refractivity contribution in [2.24, 2.45) is 0 Å². The lowest BCUT2D eigenvalue weighted by atomic mass is 9.97. The minimum absolute atomic E-state index is 0.387. The summed E-state index contributed by atoms with van der Waals surface area (Å²) in [4.78, 5) is 14.3. The molecular weight excluding hydrogens is 258 g/mol. The first-order chi connectivity index (χ1) is 8.90. The number of amides is 1. The molecule has 0 aliphatic heterocycles. The molecule has 104 valence electrons. The van der Waals surface area contributed by atoms with Gasteiger partial charge in [0.05, 0.1) is 10.6 Å². The van der Waals surface area contributed by atoms with Gasteiger partial charge in [-0.25, -0.2) is 4.79 Å². The number of fused-ring (bicyclic) bond motifs is 1. The van der Waals surface area contributed by atoms with E-state index in [1.807, 2.05) is 26.8 Å². The van der Waals surface area contributed by atoms with Gasteiger partial charge >= 0.3 is 6.09 Å². The number of aryl methyl sites for hydroxylation is 1. The van der Waals surface area contributed by atoms with E-state index < -0.39 is 5.60 Å². The molecule has 2 rings (SSSR count). The van der Waals surface area contributed by atoms with Crippen LogP contribution in [0.5, 0.6) is 0 Å². The van der Waals surface area contributed by atoms with Crippen molar-refractivity contribution >= 4 is 29.2 Å². The van der Waals surface area contributed by atoms with E-state index in [-0.39, 0.29) is 6.09 Å². The molecule has 0 fully saturated rings. The molecule has 0 spiro atoms. The molecule has 1 aliphatic carbocycles. The van der Waals surface area contributed by atoms with Crippen LogP contribution in [0, 0.1) is 0 Å². The number of anilines is 1.